The van der Waals surface area contributed by atoms with Crippen LogP contribution in [0.2, 0.25) is 0 Å². The number of anilines is 1. The third-order valence-corrected chi connectivity index (χ3v) is 4.73. The molecule has 96 valence electrons. The van der Waals surface area contributed by atoms with Crippen LogP contribution in [0.4, 0.5) is 5.69 Å². The van der Waals surface area contributed by atoms with Crippen molar-refractivity contribution >= 4 is 15.5 Å². The highest BCUT2D eigenvalue weighted by molar-refractivity contribution is 7.92. The van der Waals surface area contributed by atoms with Crippen LogP contribution in [0, 0.1) is 0 Å². The zero-order valence-electron chi connectivity index (χ0n) is 10.3. The molecule has 17 heavy (non-hydrogen) atoms. The summed E-state index contributed by atoms with van der Waals surface area (Å²) in [6, 6.07) is 6.79. The van der Waals surface area contributed by atoms with Crippen molar-refractivity contribution in [2.24, 2.45) is 5.84 Å². The first-order valence-electron chi connectivity index (χ1n) is 5.38. The monoisotopic (exact) mass is 257 g/mol. The Balaban J connectivity index is 2.96. The Morgan fingerprint density at radius 2 is 1.82 bits per heavy atom. The number of nitrogens with zero attached hydrogens (tertiary/aromatic N) is 1. The van der Waals surface area contributed by atoms with E-state index in [1.54, 1.807) is 38.1 Å². The van der Waals surface area contributed by atoms with Gasteiger partial charge in [-0.1, -0.05) is 0 Å². The number of benzene rings is 1. The van der Waals surface area contributed by atoms with Gasteiger partial charge >= 0.3 is 0 Å². The summed E-state index contributed by atoms with van der Waals surface area (Å²) in [6.07, 6.45) is 0. The molecule has 0 radical (unpaired) electrons. The lowest BCUT2D eigenvalue weighted by molar-refractivity contribution is 0.587. The summed E-state index contributed by atoms with van der Waals surface area (Å²) in [5.41, 5.74) is 3.44. The second kappa shape index (κ2) is 5.48. The van der Waals surface area contributed by atoms with Crippen LogP contribution in [0.15, 0.2) is 29.2 Å². The van der Waals surface area contributed by atoms with E-state index >= 15 is 0 Å². The zero-order chi connectivity index (χ0) is 13.1. The van der Waals surface area contributed by atoms with Gasteiger partial charge < -0.3 is 4.90 Å². The summed E-state index contributed by atoms with van der Waals surface area (Å²) in [7, 11) is -1.32. The molecule has 0 bridgehead atoms. The van der Waals surface area contributed by atoms with Crippen LogP contribution in [0.3, 0.4) is 0 Å². The minimum absolute atomic E-state index is 0.352. The second-order valence-electron chi connectivity index (χ2n) is 4.15. The Labute approximate surface area is 103 Å². The molecule has 0 saturated carbocycles. The first kappa shape index (κ1) is 14.0. The lowest BCUT2D eigenvalue weighted by Gasteiger charge is -2.18. The fraction of sp³-hybridized carbons (Fsp3) is 0.455. The Bertz CT molecular complexity index is 454. The smallest absolute Gasteiger partial charge is 0.180 e. The van der Waals surface area contributed by atoms with Crippen molar-refractivity contribution in [3.63, 3.8) is 0 Å². The third-order valence-electron chi connectivity index (χ3n) is 2.56. The molecule has 3 N–H and O–H groups in total. The lowest BCUT2D eigenvalue weighted by Crippen LogP contribution is -2.35. The SMILES string of the molecule is CC(C)S(=O)(=O)c1ccc(N(C)CNN)cc1. The van der Waals surface area contributed by atoms with Crippen LogP contribution in [0.1, 0.15) is 13.8 Å². The van der Waals surface area contributed by atoms with Crippen molar-refractivity contribution in [2.75, 3.05) is 18.6 Å². The number of sulfone groups is 1. The van der Waals surface area contributed by atoms with E-state index in [1.807, 2.05) is 11.9 Å². The van der Waals surface area contributed by atoms with Crippen LogP contribution in [0.5, 0.6) is 0 Å². The minimum atomic E-state index is -3.19. The molecule has 0 heterocycles. The molecule has 0 saturated heterocycles. The van der Waals surface area contributed by atoms with Gasteiger partial charge in [0.1, 0.15) is 0 Å². The maximum absolute atomic E-state index is 11.9. The van der Waals surface area contributed by atoms with Gasteiger partial charge in [0.25, 0.3) is 0 Å². The summed E-state index contributed by atoms with van der Waals surface area (Å²) in [5.74, 6) is 5.22. The van der Waals surface area contributed by atoms with Crippen molar-refractivity contribution in [3.8, 4) is 0 Å². The van der Waals surface area contributed by atoms with Crippen molar-refractivity contribution < 1.29 is 8.42 Å². The number of nitrogens with two attached hydrogens (primary N) is 1. The normalized spacial score (nSPS) is 11.8. The van der Waals surface area contributed by atoms with Crippen LogP contribution in [-0.2, 0) is 9.84 Å². The zero-order valence-corrected chi connectivity index (χ0v) is 11.2. The van der Waals surface area contributed by atoms with Gasteiger partial charge in [-0.15, -0.1) is 0 Å². The Hall–Kier alpha value is -1.11. The fourth-order valence-corrected chi connectivity index (χ4v) is 2.45. The topological polar surface area (TPSA) is 75.4 Å². The second-order valence-corrected chi connectivity index (χ2v) is 6.65. The van der Waals surface area contributed by atoms with Crippen molar-refractivity contribution in [1.82, 2.24) is 5.43 Å². The largest absolute Gasteiger partial charge is 0.361 e. The molecule has 0 aliphatic heterocycles. The molecule has 0 atom stereocenters. The Kier molecular flexibility index (Phi) is 4.50. The Morgan fingerprint density at radius 1 is 1.29 bits per heavy atom. The van der Waals surface area contributed by atoms with Crippen LogP contribution >= 0.6 is 0 Å². The molecule has 0 aliphatic rings. The van der Waals surface area contributed by atoms with Crippen LogP contribution < -0.4 is 16.2 Å². The van der Waals surface area contributed by atoms with E-state index in [4.69, 9.17) is 5.84 Å². The van der Waals surface area contributed by atoms with Gasteiger partial charge in [-0.3, -0.25) is 5.84 Å². The van der Waals surface area contributed by atoms with E-state index in [0.29, 0.717) is 11.6 Å². The fourth-order valence-electron chi connectivity index (χ4n) is 1.39. The number of rotatable bonds is 5. The number of hydrogen-bond acceptors (Lipinski definition) is 5. The number of hydrogen-bond donors (Lipinski definition) is 2. The molecule has 0 aromatic heterocycles. The van der Waals surface area contributed by atoms with Gasteiger partial charge in [-0.2, -0.15) is 0 Å². The van der Waals surface area contributed by atoms with E-state index in [9.17, 15) is 8.42 Å². The third kappa shape index (κ3) is 3.18. The van der Waals surface area contributed by atoms with Gasteiger partial charge in [0, 0.05) is 12.7 Å². The van der Waals surface area contributed by atoms with Gasteiger partial charge in [0.15, 0.2) is 9.84 Å². The van der Waals surface area contributed by atoms with E-state index in [2.05, 4.69) is 5.43 Å². The summed E-state index contributed by atoms with van der Waals surface area (Å²) in [4.78, 5) is 2.23. The van der Waals surface area contributed by atoms with Gasteiger partial charge in [-0.25, -0.2) is 13.8 Å². The molecule has 0 spiro atoms. The lowest BCUT2D eigenvalue weighted by atomic mass is 10.3. The van der Waals surface area contributed by atoms with Crippen molar-refractivity contribution in [2.45, 2.75) is 24.0 Å². The van der Waals surface area contributed by atoms with Gasteiger partial charge in [0.05, 0.1) is 16.8 Å². The highest BCUT2D eigenvalue weighted by atomic mass is 32.2. The molecule has 6 heteroatoms. The van der Waals surface area contributed by atoms with E-state index in [0.717, 1.165) is 5.69 Å². The van der Waals surface area contributed by atoms with E-state index < -0.39 is 15.1 Å². The van der Waals surface area contributed by atoms with E-state index in [-0.39, 0.29) is 0 Å². The molecule has 1 aromatic rings. The molecule has 0 aliphatic carbocycles. The van der Waals surface area contributed by atoms with Gasteiger partial charge in [-0.05, 0) is 38.1 Å². The maximum Gasteiger partial charge on any atom is 0.180 e. The summed E-state index contributed by atoms with van der Waals surface area (Å²) in [6.45, 7) is 3.84. The average molecular weight is 257 g/mol. The first-order valence-corrected chi connectivity index (χ1v) is 6.92. The van der Waals surface area contributed by atoms with Crippen molar-refractivity contribution in [3.05, 3.63) is 24.3 Å². The highest BCUT2D eigenvalue weighted by Crippen LogP contribution is 2.19. The summed E-state index contributed by atoms with van der Waals surface area (Å²) >= 11 is 0. The quantitative estimate of drug-likeness (QED) is 0.462. The molecule has 1 rings (SSSR count). The van der Waals surface area contributed by atoms with Crippen molar-refractivity contribution in [1.29, 1.82) is 0 Å². The van der Waals surface area contributed by atoms with Crippen LogP contribution in [0.25, 0.3) is 0 Å². The highest BCUT2D eigenvalue weighted by Gasteiger charge is 2.18. The van der Waals surface area contributed by atoms with E-state index in [1.165, 1.54) is 0 Å². The predicted molar refractivity (Wildman–Crippen MR) is 69.4 cm³/mol. The van der Waals surface area contributed by atoms with Crippen LogP contribution in [-0.4, -0.2) is 27.4 Å². The predicted octanol–water partition coefficient (Wildman–Crippen LogP) is 0.726. The molecule has 1 aromatic carbocycles. The molecular formula is C11H19N3O2S. The first-order chi connectivity index (χ1) is 7.89. The number of hydrazine groups is 1. The minimum Gasteiger partial charge on any atom is -0.361 e. The molecule has 5 nitrogen and oxygen atoms in total. The molecular weight excluding hydrogens is 238 g/mol. The summed E-state index contributed by atoms with van der Waals surface area (Å²) in [5, 5.41) is -0.406. The average Bonchev–Trinajstić information content (AvgIpc) is 2.29. The maximum atomic E-state index is 11.9. The molecule has 0 unspecified atom stereocenters. The molecule has 0 fully saturated rings. The van der Waals surface area contributed by atoms with Gasteiger partial charge in [0.2, 0.25) is 0 Å². The standard InChI is InChI=1S/C11H19N3O2S/c1-9(2)17(15,16)11-6-4-10(5-7-11)14(3)8-13-12/h4-7,9,13H,8,12H2,1-3H3. The molecule has 0 amide bonds. The number of nitrogens with one attached hydrogen (secondary N) is 1. The summed E-state index contributed by atoms with van der Waals surface area (Å²) < 4.78 is 23.8. The Morgan fingerprint density at radius 3 is 2.24 bits per heavy atom.